The molecule has 0 aliphatic carbocycles. The van der Waals surface area contributed by atoms with Gasteiger partial charge in [-0.05, 0) is 37.9 Å². The van der Waals surface area contributed by atoms with Crippen molar-refractivity contribution in [2.24, 2.45) is 5.73 Å². The maximum absolute atomic E-state index is 12.7. The second-order valence-electron chi connectivity index (χ2n) is 6.96. The van der Waals surface area contributed by atoms with Gasteiger partial charge in [0.2, 0.25) is 11.8 Å². The number of carbonyl (C=O) groups excluding carboxylic acids is 3. The zero-order valence-electron chi connectivity index (χ0n) is 16.5. The number of carbonyl (C=O) groups is 4. The van der Waals surface area contributed by atoms with Gasteiger partial charge in [0.1, 0.15) is 6.04 Å². The second-order valence-corrected chi connectivity index (χ2v) is 6.96. The number of aliphatic carboxylic acids is 1. The highest BCUT2D eigenvalue weighted by Gasteiger charge is 2.40. The van der Waals surface area contributed by atoms with E-state index >= 15 is 0 Å². The molecule has 0 saturated carbocycles. The monoisotopic (exact) mass is 444 g/mol. The lowest BCUT2D eigenvalue weighted by Crippen LogP contribution is -2.52. The van der Waals surface area contributed by atoms with E-state index in [-0.39, 0.29) is 24.1 Å². The number of fused-ring (bicyclic) bond motifs is 1. The Bertz CT molecular complexity index is 859. The molecule has 0 spiro atoms. The fourth-order valence-corrected chi connectivity index (χ4v) is 3.24. The van der Waals surface area contributed by atoms with Gasteiger partial charge in [0.15, 0.2) is 0 Å². The molecule has 2 heterocycles. The molecule has 1 saturated heterocycles. The number of halogens is 3. The molecule has 31 heavy (non-hydrogen) atoms. The molecule has 1 aromatic rings. The first-order valence-electron chi connectivity index (χ1n) is 9.56. The van der Waals surface area contributed by atoms with Crippen LogP contribution in [0, 0.1) is 0 Å². The minimum Gasteiger partial charge on any atom is -0.475 e. The van der Waals surface area contributed by atoms with Crippen LogP contribution in [0.15, 0.2) is 18.2 Å². The van der Waals surface area contributed by atoms with Gasteiger partial charge in [0.25, 0.3) is 5.91 Å². The smallest absolute Gasteiger partial charge is 0.475 e. The van der Waals surface area contributed by atoms with E-state index in [2.05, 4.69) is 10.6 Å². The molecular formula is C19H23F3N4O5. The summed E-state index contributed by atoms with van der Waals surface area (Å²) in [5.41, 5.74) is 7.97. The average molecular weight is 444 g/mol. The highest BCUT2D eigenvalue weighted by Crippen LogP contribution is 2.32. The second kappa shape index (κ2) is 10.2. The van der Waals surface area contributed by atoms with E-state index in [1.165, 1.54) is 0 Å². The van der Waals surface area contributed by atoms with Crippen molar-refractivity contribution in [1.82, 2.24) is 10.2 Å². The molecule has 3 rings (SSSR count). The molecule has 5 N–H and O–H groups in total. The molecule has 1 unspecified atom stereocenters. The Morgan fingerprint density at radius 1 is 1.26 bits per heavy atom. The number of imide groups is 1. The molecule has 2 aliphatic heterocycles. The van der Waals surface area contributed by atoms with Gasteiger partial charge < -0.3 is 21.1 Å². The zero-order valence-corrected chi connectivity index (χ0v) is 16.5. The Labute approximate surface area is 175 Å². The highest BCUT2D eigenvalue weighted by atomic mass is 19.4. The van der Waals surface area contributed by atoms with Crippen LogP contribution >= 0.6 is 0 Å². The molecule has 2 aliphatic rings. The Kier molecular flexibility index (Phi) is 7.97. The fraction of sp³-hybridized carbons (Fsp3) is 0.474. The maximum Gasteiger partial charge on any atom is 0.490 e. The number of nitrogens with one attached hydrogen (secondary N) is 2. The third-order valence-electron chi connectivity index (χ3n) is 4.77. The van der Waals surface area contributed by atoms with E-state index < -0.39 is 18.2 Å². The van der Waals surface area contributed by atoms with Gasteiger partial charge >= 0.3 is 12.1 Å². The van der Waals surface area contributed by atoms with Crippen LogP contribution in [-0.4, -0.2) is 59.0 Å². The van der Waals surface area contributed by atoms with Crippen molar-refractivity contribution >= 4 is 29.4 Å². The molecule has 9 nitrogen and oxygen atoms in total. The lowest BCUT2D eigenvalue weighted by atomic mass is 10.0. The first-order valence-corrected chi connectivity index (χ1v) is 9.56. The van der Waals surface area contributed by atoms with Crippen molar-refractivity contribution in [2.45, 2.75) is 44.4 Å². The summed E-state index contributed by atoms with van der Waals surface area (Å²) >= 11 is 0. The normalized spacial score (nSPS) is 18.1. The Morgan fingerprint density at radius 3 is 2.52 bits per heavy atom. The number of rotatable bonds is 6. The number of alkyl halides is 3. The number of hydrogen-bond acceptors (Lipinski definition) is 6. The predicted molar refractivity (Wildman–Crippen MR) is 103 cm³/mol. The van der Waals surface area contributed by atoms with Crippen LogP contribution in [0.3, 0.4) is 0 Å². The standard InChI is InChI=1S/C17H22N4O3.C2HF3O2/c18-8-1-2-9-19-13-5-3-4-11-12(13)10-21(17(11)24)14-6-7-15(22)20-16(14)23;3-2(4,5)1(6)7/h3-5,14,19H,1-2,6-10,18H2,(H,20,22,23);(H,6,7). The largest absolute Gasteiger partial charge is 0.490 e. The van der Waals surface area contributed by atoms with Gasteiger partial charge in [0, 0.05) is 36.3 Å². The molecule has 0 radical (unpaired) electrons. The topological polar surface area (TPSA) is 142 Å². The maximum atomic E-state index is 12.7. The molecule has 12 heteroatoms. The summed E-state index contributed by atoms with van der Waals surface area (Å²) in [4.78, 5) is 46.5. The number of carboxylic acid groups (broad SMARTS) is 1. The lowest BCUT2D eigenvalue weighted by Gasteiger charge is -2.29. The number of nitrogens with two attached hydrogens (primary N) is 1. The van der Waals surface area contributed by atoms with Crippen LogP contribution in [0.1, 0.15) is 41.6 Å². The summed E-state index contributed by atoms with van der Waals surface area (Å²) in [5, 5.41) is 12.8. The third kappa shape index (κ3) is 6.17. The van der Waals surface area contributed by atoms with Gasteiger partial charge in [-0.1, -0.05) is 6.07 Å². The van der Waals surface area contributed by atoms with Crippen LogP contribution < -0.4 is 16.4 Å². The van der Waals surface area contributed by atoms with Crippen molar-refractivity contribution in [1.29, 1.82) is 0 Å². The summed E-state index contributed by atoms with van der Waals surface area (Å²) < 4.78 is 31.7. The van der Waals surface area contributed by atoms with Crippen LogP contribution in [0.25, 0.3) is 0 Å². The van der Waals surface area contributed by atoms with Crippen LogP contribution in [-0.2, 0) is 20.9 Å². The number of nitrogens with zero attached hydrogens (tertiary/aromatic N) is 1. The van der Waals surface area contributed by atoms with E-state index in [9.17, 15) is 27.6 Å². The van der Waals surface area contributed by atoms with E-state index in [1.54, 1.807) is 11.0 Å². The molecule has 170 valence electrons. The number of hydrogen-bond donors (Lipinski definition) is 4. The van der Waals surface area contributed by atoms with Gasteiger partial charge in [-0.3, -0.25) is 19.7 Å². The van der Waals surface area contributed by atoms with E-state index in [0.717, 1.165) is 30.6 Å². The Balaban J connectivity index is 0.000000423. The van der Waals surface area contributed by atoms with Crippen LogP contribution in [0.5, 0.6) is 0 Å². The van der Waals surface area contributed by atoms with Crippen molar-refractivity contribution in [3.63, 3.8) is 0 Å². The van der Waals surface area contributed by atoms with Gasteiger partial charge in [-0.15, -0.1) is 0 Å². The van der Waals surface area contributed by atoms with E-state index in [4.69, 9.17) is 15.6 Å². The molecule has 1 fully saturated rings. The molecular weight excluding hydrogens is 421 g/mol. The SMILES string of the molecule is NCCCCNc1cccc2c1CN(C1CCC(=O)NC1=O)C2=O.O=C(O)C(F)(F)F. The zero-order chi connectivity index (χ0) is 23.2. The van der Waals surface area contributed by atoms with Gasteiger partial charge in [-0.25, -0.2) is 4.79 Å². The Hall–Kier alpha value is -3.15. The van der Waals surface area contributed by atoms with E-state index in [1.807, 2.05) is 12.1 Å². The van der Waals surface area contributed by atoms with Gasteiger partial charge in [-0.2, -0.15) is 13.2 Å². The van der Waals surface area contributed by atoms with Crippen LogP contribution in [0.4, 0.5) is 18.9 Å². The lowest BCUT2D eigenvalue weighted by molar-refractivity contribution is -0.192. The van der Waals surface area contributed by atoms with Gasteiger partial charge in [0.05, 0.1) is 0 Å². The van der Waals surface area contributed by atoms with Crippen molar-refractivity contribution in [3.8, 4) is 0 Å². The summed E-state index contributed by atoms with van der Waals surface area (Å²) in [6.45, 7) is 1.84. The molecule has 0 bridgehead atoms. The fourth-order valence-electron chi connectivity index (χ4n) is 3.24. The van der Waals surface area contributed by atoms with Crippen molar-refractivity contribution < 1.29 is 37.5 Å². The van der Waals surface area contributed by atoms with Crippen molar-refractivity contribution in [2.75, 3.05) is 18.4 Å². The number of piperidine rings is 1. The first-order chi connectivity index (χ1) is 14.6. The highest BCUT2D eigenvalue weighted by molar-refractivity contribution is 6.06. The molecule has 3 amide bonds. The minimum absolute atomic E-state index is 0.148. The summed E-state index contributed by atoms with van der Waals surface area (Å²) in [7, 11) is 0. The predicted octanol–water partition coefficient (Wildman–Crippen LogP) is 1.23. The summed E-state index contributed by atoms with van der Waals surface area (Å²) in [6, 6.07) is 5.00. The Morgan fingerprint density at radius 2 is 1.94 bits per heavy atom. The average Bonchev–Trinajstić information content (AvgIpc) is 3.02. The minimum atomic E-state index is -5.08. The first kappa shape index (κ1) is 24.1. The summed E-state index contributed by atoms with van der Waals surface area (Å²) in [6.07, 6.45) is -2.53. The van der Waals surface area contributed by atoms with E-state index in [0.29, 0.717) is 25.1 Å². The number of amides is 3. The quantitative estimate of drug-likeness (QED) is 0.382. The number of unbranched alkanes of at least 4 members (excludes halogenated alkanes) is 1. The molecule has 1 aromatic carbocycles. The molecule has 1 atom stereocenters. The third-order valence-corrected chi connectivity index (χ3v) is 4.77. The van der Waals surface area contributed by atoms with Crippen molar-refractivity contribution in [3.05, 3.63) is 29.3 Å². The van der Waals surface area contributed by atoms with Crippen LogP contribution in [0.2, 0.25) is 0 Å². The summed E-state index contributed by atoms with van der Waals surface area (Å²) in [5.74, 6) is -3.56. The number of benzene rings is 1. The number of anilines is 1. The number of carboxylic acids is 1. The molecule has 0 aromatic heterocycles.